The molecule has 3 rings (SSSR count). The van der Waals surface area contributed by atoms with Gasteiger partial charge in [-0.1, -0.05) is 42.5 Å². The highest BCUT2D eigenvalue weighted by Crippen LogP contribution is 2.21. The van der Waals surface area contributed by atoms with E-state index >= 15 is 0 Å². The zero-order valence-electron chi connectivity index (χ0n) is 16.5. The Kier molecular flexibility index (Phi) is 7.20. The average Bonchev–Trinajstić information content (AvgIpc) is 3.09. The number of anilines is 1. The first-order valence-electron chi connectivity index (χ1n) is 9.98. The van der Waals surface area contributed by atoms with E-state index in [2.05, 4.69) is 39.8 Å². The molecule has 2 aromatic carbocycles. The number of hydrogen-bond donors (Lipinski definition) is 2. The maximum absolute atomic E-state index is 12.0. The highest BCUT2D eigenvalue weighted by molar-refractivity contribution is 6.03. The first-order valence-corrected chi connectivity index (χ1v) is 9.98. The summed E-state index contributed by atoms with van der Waals surface area (Å²) < 4.78 is 0. The number of nitrogens with zero attached hydrogens (tertiary/aromatic N) is 1. The van der Waals surface area contributed by atoms with Crippen molar-refractivity contribution in [2.24, 2.45) is 5.92 Å². The van der Waals surface area contributed by atoms with E-state index in [-0.39, 0.29) is 18.2 Å². The van der Waals surface area contributed by atoms with Crippen molar-refractivity contribution in [1.29, 1.82) is 0 Å². The maximum atomic E-state index is 12.0. The standard InChI is InChI=1S/C23H29N3O2/c1-18-6-5-9-21(14-18)25-23(28)15-22(27)24-12-10-20-11-13-26(17-20)16-19-7-3-2-4-8-19/h2-9,14,20H,10-13,15-17H2,1H3,(H,24,27)(H,25,28). The molecule has 1 fully saturated rings. The lowest BCUT2D eigenvalue weighted by Crippen LogP contribution is -2.30. The lowest BCUT2D eigenvalue weighted by Gasteiger charge is -2.16. The molecule has 148 valence electrons. The van der Waals surface area contributed by atoms with E-state index in [4.69, 9.17) is 0 Å². The van der Waals surface area contributed by atoms with Crippen LogP contribution in [-0.2, 0) is 16.1 Å². The molecule has 0 aliphatic carbocycles. The molecular weight excluding hydrogens is 350 g/mol. The second-order valence-electron chi connectivity index (χ2n) is 7.61. The number of nitrogens with one attached hydrogen (secondary N) is 2. The molecule has 1 saturated heterocycles. The van der Waals surface area contributed by atoms with Crippen molar-refractivity contribution in [1.82, 2.24) is 10.2 Å². The molecule has 2 N–H and O–H groups in total. The fourth-order valence-corrected chi connectivity index (χ4v) is 3.69. The normalized spacial score (nSPS) is 16.7. The third-order valence-electron chi connectivity index (χ3n) is 5.12. The Balaban J connectivity index is 1.31. The third-order valence-corrected chi connectivity index (χ3v) is 5.12. The molecular formula is C23H29N3O2. The minimum absolute atomic E-state index is 0.140. The maximum Gasteiger partial charge on any atom is 0.233 e. The van der Waals surface area contributed by atoms with E-state index < -0.39 is 0 Å². The van der Waals surface area contributed by atoms with Crippen LogP contribution < -0.4 is 10.6 Å². The lowest BCUT2D eigenvalue weighted by molar-refractivity contribution is -0.126. The number of likely N-dealkylation sites (tertiary alicyclic amines) is 1. The first-order chi connectivity index (χ1) is 13.6. The van der Waals surface area contributed by atoms with Crippen molar-refractivity contribution in [3.05, 3.63) is 65.7 Å². The molecule has 1 unspecified atom stereocenters. The van der Waals surface area contributed by atoms with Gasteiger partial charge in [-0.25, -0.2) is 0 Å². The van der Waals surface area contributed by atoms with E-state index in [1.165, 1.54) is 5.56 Å². The Morgan fingerprint density at radius 3 is 2.68 bits per heavy atom. The SMILES string of the molecule is Cc1cccc(NC(=O)CC(=O)NCCC2CCN(Cc3ccccc3)C2)c1. The summed E-state index contributed by atoms with van der Waals surface area (Å²) in [5.41, 5.74) is 3.14. The quantitative estimate of drug-likeness (QED) is 0.692. The van der Waals surface area contributed by atoms with Gasteiger partial charge in [-0.3, -0.25) is 14.5 Å². The minimum atomic E-state index is -0.280. The molecule has 1 heterocycles. The number of amides is 2. The molecule has 2 amide bonds. The molecule has 5 heteroatoms. The van der Waals surface area contributed by atoms with Gasteiger partial charge in [0.15, 0.2) is 0 Å². The Bertz CT molecular complexity index is 791. The van der Waals surface area contributed by atoms with Crippen LogP contribution in [-0.4, -0.2) is 36.3 Å². The summed E-state index contributed by atoms with van der Waals surface area (Å²) in [6.45, 7) is 5.75. The monoisotopic (exact) mass is 379 g/mol. The Morgan fingerprint density at radius 2 is 1.89 bits per heavy atom. The molecule has 0 aromatic heterocycles. The van der Waals surface area contributed by atoms with Crippen LogP contribution in [0, 0.1) is 12.8 Å². The molecule has 0 bridgehead atoms. The minimum Gasteiger partial charge on any atom is -0.356 e. The molecule has 0 radical (unpaired) electrons. The fourth-order valence-electron chi connectivity index (χ4n) is 3.69. The first kappa shape index (κ1) is 20.1. The van der Waals surface area contributed by atoms with Gasteiger partial charge in [-0.2, -0.15) is 0 Å². The molecule has 0 saturated carbocycles. The van der Waals surface area contributed by atoms with Crippen LogP contribution in [0.1, 0.15) is 30.4 Å². The van der Waals surface area contributed by atoms with E-state index in [1.54, 1.807) is 0 Å². The fraction of sp³-hybridized carbons (Fsp3) is 0.391. The summed E-state index contributed by atoms with van der Waals surface area (Å²) >= 11 is 0. The van der Waals surface area contributed by atoms with Crippen molar-refractivity contribution in [2.45, 2.75) is 32.7 Å². The molecule has 5 nitrogen and oxygen atoms in total. The van der Waals surface area contributed by atoms with E-state index in [0.29, 0.717) is 12.5 Å². The highest BCUT2D eigenvalue weighted by Gasteiger charge is 2.22. The van der Waals surface area contributed by atoms with Crippen LogP contribution in [0.3, 0.4) is 0 Å². The summed E-state index contributed by atoms with van der Waals surface area (Å²) in [5.74, 6) is 0.104. The number of benzene rings is 2. The summed E-state index contributed by atoms with van der Waals surface area (Å²) in [7, 11) is 0. The van der Waals surface area contributed by atoms with Gasteiger partial charge in [0.2, 0.25) is 11.8 Å². The van der Waals surface area contributed by atoms with E-state index in [0.717, 1.165) is 43.7 Å². The summed E-state index contributed by atoms with van der Waals surface area (Å²) in [4.78, 5) is 26.5. The molecule has 28 heavy (non-hydrogen) atoms. The Hall–Kier alpha value is -2.66. The molecule has 0 spiro atoms. The third kappa shape index (κ3) is 6.50. The van der Waals surface area contributed by atoms with E-state index in [9.17, 15) is 9.59 Å². The summed E-state index contributed by atoms with van der Waals surface area (Å²) in [6, 6.07) is 18.1. The zero-order valence-corrected chi connectivity index (χ0v) is 16.5. The number of aryl methyl sites for hydroxylation is 1. The Labute approximate surface area is 167 Å². The largest absolute Gasteiger partial charge is 0.356 e. The van der Waals surface area contributed by atoms with Crippen molar-refractivity contribution in [2.75, 3.05) is 25.0 Å². The van der Waals surface area contributed by atoms with Crippen LogP contribution >= 0.6 is 0 Å². The second kappa shape index (κ2) is 10.0. The van der Waals surface area contributed by atoms with Crippen LogP contribution in [0.2, 0.25) is 0 Å². The van der Waals surface area contributed by atoms with Crippen LogP contribution in [0.4, 0.5) is 5.69 Å². The van der Waals surface area contributed by atoms with E-state index in [1.807, 2.05) is 37.3 Å². The van der Waals surface area contributed by atoms with Gasteiger partial charge in [0.05, 0.1) is 0 Å². The molecule has 1 aliphatic heterocycles. The summed E-state index contributed by atoms with van der Waals surface area (Å²) in [5, 5.41) is 5.65. The van der Waals surface area contributed by atoms with Gasteiger partial charge in [0.25, 0.3) is 0 Å². The zero-order chi connectivity index (χ0) is 19.8. The lowest BCUT2D eigenvalue weighted by atomic mass is 10.1. The number of rotatable bonds is 8. The van der Waals surface area contributed by atoms with Gasteiger partial charge in [-0.15, -0.1) is 0 Å². The van der Waals surface area contributed by atoms with Crippen molar-refractivity contribution >= 4 is 17.5 Å². The number of hydrogen-bond acceptors (Lipinski definition) is 3. The van der Waals surface area contributed by atoms with Crippen LogP contribution in [0.25, 0.3) is 0 Å². The van der Waals surface area contributed by atoms with Gasteiger partial charge in [-0.05, 0) is 55.5 Å². The number of carbonyl (C=O) groups is 2. The Morgan fingerprint density at radius 1 is 1.07 bits per heavy atom. The predicted octanol–water partition coefficient (Wildman–Crippen LogP) is 3.35. The van der Waals surface area contributed by atoms with Crippen molar-refractivity contribution in [3.8, 4) is 0 Å². The highest BCUT2D eigenvalue weighted by atomic mass is 16.2. The predicted molar refractivity (Wildman–Crippen MR) is 112 cm³/mol. The van der Waals surface area contributed by atoms with Gasteiger partial charge in [0, 0.05) is 25.3 Å². The number of carbonyl (C=O) groups excluding carboxylic acids is 2. The van der Waals surface area contributed by atoms with Crippen LogP contribution in [0.5, 0.6) is 0 Å². The summed E-state index contributed by atoms with van der Waals surface area (Å²) in [6.07, 6.45) is 1.98. The molecule has 1 atom stereocenters. The second-order valence-corrected chi connectivity index (χ2v) is 7.61. The molecule has 1 aliphatic rings. The van der Waals surface area contributed by atoms with Crippen LogP contribution in [0.15, 0.2) is 54.6 Å². The van der Waals surface area contributed by atoms with Gasteiger partial charge < -0.3 is 10.6 Å². The smallest absolute Gasteiger partial charge is 0.233 e. The van der Waals surface area contributed by atoms with Gasteiger partial charge >= 0.3 is 0 Å². The van der Waals surface area contributed by atoms with Crippen molar-refractivity contribution < 1.29 is 9.59 Å². The topological polar surface area (TPSA) is 61.4 Å². The van der Waals surface area contributed by atoms with Crippen molar-refractivity contribution in [3.63, 3.8) is 0 Å². The molecule has 2 aromatic rings. The van der Waals surface area contributed by atoms with Gasteiger partial charge in [0.1, 0.15) is 6.42 Å². The average molecular weight is 380 g/mol.